The van der Waals surface area contributed by atoms with Crippen LogP contribution >= 0.6 is 11.6 Å². The Labute approximate surface area is 172 Å². The molecule has 0 spiro atoms. The third-order valence-electron chi connectivity index (χ3n) is 4.74. The van der Waals surface area contributed by atoms with Crippen molar-refractivity contribution in [1.82, 2.24) is 8.96 Å². The topological polar surface area (TPSA) is 89.3 Å². The lowest BCUT2D eigenvalue weighted by atomic mass is 10.1. The fourth-order valence-electron chi connectivity index (χ4n) is 3.49. The van der Waals surface area contributed by atoms with Crippen molar-refractivity contribution in [3.63, 3.8) is 0 Å². The quantitative estimate of drug-likeness (QED) is 0.457. The molecule has 0 aliphatic heterocycles. The first-order chi connectivity index (χ1) is 13.9. The van der Waals surface area contributed by atoms with Crippen LogP contribution in [-0.2, 0) is 21.2 Å². The van der Waals surface area contributed by atoms with E-state index in [1.807, 2.05) is 18.2 Å². The van der Waals surface area contributed by atoms with Gasteiger partial charge in [0.2, 0.25) is 0 Å². The maximum absolute atomic E-state index is 13.7. The van der Waals surface area contributed by atoms with Gasteiger partial charge >= 0.3 is 5.97 Å². The second-order valence-electron chi connectivity index (χ2n) is 6.67. The summed E-state index contributed by atoms with van der Waals surface area (Å²) in [6.45, 7) is 0. The molecule has 0 radical (unpaired) electrons. The predicted octanol–water partition coefficient (Wildman–Crippen LogP) is 4.49. The SMILES string of the molecule is O=C(O)CCCc1cc2nc(Cl)ccc2n1S(=O)(=O)c1cccc2ccccc12. The Morgan fingerprint density at radius 3 is 2.62 bits per heavy atom. The second kappa shape index (κ2) is 7.50. The number of rotatable bonds is 6. The maximum atomic E-state index is 13.7. The van der Waals surface area contributed by atoms with E-state index in [2.05, 4.69) is 4.98 Å². The number of pyridine rings is 1. The molecule has 6 nitrogen and oxygen atoms in total. The molecule has 0 amide bonds. The van der Waals surface area contributed by atoms with Crippen molar-refractivity contribution in [2.24, 2.45) is 0 Å². The van der Waals surface area contributed by atoms with Crippen LogP contribution in [0.15, 0.2) is 65.6 Å². The number of carbonyl (C=O) groups is 1. The van der Waals surface area contributed by atoms with E-state index in [0.29, 0.717) is 28.5 Å². The molecule has 2 aromatic heterocycles. The molecule has 0 saturated heterocycles. The minimum atomic E-state index is -3.96. The van der Waals surface area contributed by atoms with E-state index in [1.165, 1.54) is 3.97 Å². The Hall–Kier alpha value is -2.90. The minimum absolute atomic E-state index is 0.0516. The molecule has 0 atom stereocenters. The van der Waals surface area contributed by atoms with Crippen molar-refractivity contribution in [1.29, 1.82) is 0 Å². The monoisotopic (exact) mass is 428 g/mol. The van der Waals surface area contributed by atoms with Crippen molar-refractivity contribution in [2.75, 3.05) is 0 Å². The van der Waals surface area contributed by atoms with Crippen molar-refractivity contribution < 1.29 is 18.3 Å². The molecule has 0 bridgehead atoms. The summed E-state index contributed by atoms with van der Waals surface area (Å²) < 4.78 is 28.7. The lowest BCUT2D eigenvalue weighted by Crippen LogP contribution is -2.16. The largest absolute Gasteiger partial charge is 0.481 e. The molecule has 0 aliphatic carbocycles. The van der Waals surface area contributed by atoms with Crippen LogP contribution in [0.4, 0.5) is 0 Å². The minimum Gasteiger partial charge on any atom is -0.481 e. The highest BCUT2D eigenvalue weighted by Crippen LogP contribution is 2.30. The van der Waals surface area contributed by atoms with Gasteiger partial charge in [-0.25, -0.2) is 17.4 Å². The zero-order valence-corrected chi connectivity index (χ0v) is 16.8. The third kappa shape index (κ3) is 3.59. The average Bonchev–Trinajstić information content (AvgIpc) is 3.05. The average molecular weight is 429 g/mol. The lowest BCUT2D eigenvalue weighted by molar-refractivity contribution is -0.137. The summed E-state index contributed by atoms with van der Waals surface area (Å²) in [7, 11) is -3.96. The molecule has 1 N–H and O–H groups in total. The molecule has 148 valence electrons. The summed E-state index contributed by atoms with van der Waals surface area (Å²) in [5, 5.41) is 10.6. The van der Waals surface area contributed by atoms with Crippen LogP contribution in [0.25, 0.3) is 21.8 Å². The Morgan fingerprint density at radius 1 is 1.07 bits per heavy atom. The van der Waals surface area contributed by atoms with Crippen LogP contribution in [0.3, 0.4) is 0 Å². The first kappa shape index (κ1) is 19.4. The van der Waals surface area contributed by atoms with Gasteiger partial charge in [0.15, 0.2) is 0 Å². The highest BCUT2D eigenvalue weighted by atomic mass is 35.5. The van der Waals surface area contributed by atoms with Gasteiger partial charge in [-0.3, -0.25) is 4.79 Å². The summed E-state index contributed by atoms with van der Waals surface area (Å²) in [5.74, 6) is -0.925. The summed E-state index contributed by atoms with van der Waals surface area (Å²) >= 11 is 5.99. The van der Waals surface area contributed by atoms with Crippen molar-refractivity contribution in [2.45, 2.75) is 24.2 Å². The molecule has 0 fully saturated rings. The van der Waals surface area contributed by atoms with E-state index in [1.54, 1.807) is 42.5 Å². The molecule has 29 heavy (non-hydrogen) atoms. The molecular formula is C21H17ClN2O4S. The molecule has 0 unspecified atom stereocenters. The van der Waals surface area contributed by atoms with Gasteiger partial charge in [-0.1, -0.05) is 48.0 Å². The highest BCUT2D eigenvalue weighted by molar-refractivity contribution is 7.90. The zero-order chi connectivity index (χ0) is 20.6. The lowest BCUT2D eigenvalue weighted by Gasteiger charge is -2.14. The standard InChI is InChI=1S/C21H17ClN2O4S/c22-20-12-11-18-17(23-20)13-15(7-4-10-21(25)26)24(18)29(27,28)19-9-3-6-14-5-1-2-8-16(14)19/h1-3,5-6,8-9,11-13H,4,7,10H2,(H,25,26). The highest BCUT2D eigenvalue weighted by Gasteiger charge is 2.25. The van der Waals surface area contributed by atoms with Crippen LogP contribution in [0.2, 0.25) is 5.15 Å². The summed E-state index contributed by atoms with van der Waals surface area (Å²) in [6, 6.07) is 17.2. The van der Waals surface area contributed by atoms with Gasteiger partial charge in [-0.2, -0.15) is 0 Å². The van der Waals surface area contributed by atoms with Crippen molar-refractivity contribution in [3.05, 3.63) is 71.5 Å². The summed E-state index contributed by atoms with van der Waals surface area (Å²) in [5.41, 5.74) is 1.34. The first-order valence-corrected chi connectivity index (χ1v) is 10.8. The van der Waals surface area contributed by atoms with Gasteiger partial charge < -0.3 is 5.11 Å². The molecular weight excluding hydrogens is 412 g/mol. The third-order valence-corrected chi connectivity index (χ3v) is 6.78. The number of benzene rings is 2. The van der Waals surface area contributed by atoms with E-state index < -0.39 is 16.0 Å². The van der Waals surface area contributed by atoms with Crippen LogP contribution in [-0.4, -0.2) is 28.5 Å². The van der Waals surface area contributed by atoms with E-state index in [0.717, 1.165) is 5.39 Å². The number of fused-ring (bicyclic) bond motifs is 2. The molecule has 4 rings (SSSR count). The Kier molecular flexibility index (Phi) is 5.02. The number of nitrogens with zero attached hydrogens (tertiary/aromatic N) is 2. The van der Waals surface area contributed by atoms with Crippen molar-refractivity contribution in [3.8, 4) is 0 Å². The number of aromatic nitrogens is 2. The van der Waals surface area contributed by atoms with Gasteiger partial charge in [-0.15, -0.1) is 0 Å². The number of hydrogen-bond donors (Lipinski definition) is 1. The van der Waals surface area contributed by atoms with Crippen LogP contribution < -0.4 is 0 Å². The fourth-order valence-corrected chi connectivity index (χ4v) is 5.42. The number of halogens is 1. The van der Waals surface area contributed by atoms with Gasteiger partial charge in [0.1, 0.15) is 5.15 Å². The number of hydrogen-bond acceptors (Lipinski definition) is 4. The van der Waals surface area contributed by atoms with Gasteiger partial charge in [-0.05, 0) is 42.5 Å². The zero-order valence-electron chi connectivity index (χ0n) is 15.2. The Morgan fingerprint density at radius 2 is 1.83 bits per heavy atom. The fraction of sp³-hybridized carbons (Fsp3) is 0.143. The first-order valence-electron chi connectivity index (χ1n) is 9.00. The van der Waals surface area contributed by atoms with Crippen LogP contribution in [0.5, 0.6) is 0 Å². The van der Waals surface area contributed by atoms with Gasteiger partial charge in [0.05, 0.1) is 15.9 Å². The van der Waals surface area contributed by atoms with Crippen LogP contribution in [0, 0.1) is 0 Å². The molecule has 0 aliphatic rings. The van der Waals surface area contributed by atoms with Crippen LogP contribution in [0.1, 0.15) is 18.5 Å². The van der Waals surface area contributed by atoms with E-state index in [9.17, 15) is 13.2 Å². The normalized spacial score (nSPS) is 11.9. The number of aliphatic carboxylic acids is 1. The van der Waals surface area contributed by atoms with Crippen molar-refractivity contribution >= 4 is 49.4 Å². The molecule has 4 aromatic rings. The Bertz CT molecular complexity index is 1340. The second-order valence-corrected chi connectivity index (χ2v) is 8.81. The van der Waals surface area contributed by atoms with E-state index >= 15 is 0 Å². The number of aryl methyl sites for hydroxylation is 1. The number of carboxylic acids is 1. The number of carboxylic acid groups (broad SMARTS) is 1. The molecule has 2 heterocycles. The predicted molar refractivity (Wildman–Crippen MR) is 112 cm³/mol. The molecule has 2 aromatic carbocycles. The van der Waals surface area contributed by atoms with Gasteiger partial charge in [0, 0.05) is 17.5 Å². The molecule has 8 heteroatoms. The summed E-state index contributed by atoms with van der Waals surface area (Å²) in [4.78, 5) is 15.3. The van der Waals surface area contributed by atoms with E-state index in [-0.39, 0.29) is 22.9 Å². The maximum Gasteiger partial charge on any atom is 0.303 e. The smallest absolute Gasteiger partial charge is 0.303 e. The molecule has 0 saturated carbocycles. The van der Waals surface area contributed by atoms with Gasteiger partial charge in [0.25, 0.3) is 10.0 Å². The summed E-state index contributed by atoms with van der Waals surface area (Å²) in [6.07, 6.45) is 0.540. The van der Waals surface area contributed by atoms with E-state index in [4.69, 9.17) is 16.7 Å². The Balaban J connectivity index is 1.94.